The van der Waals surface area contributed by atoms with Gasteiger partial charge in [-0.25, -0.2) is 0 Å². The molecule has 0 fully saturated rings. The summed E-state index contributed by atoms with van der Waals surface area (Å²) in [4.78, 5) is 11.1. The van der Waals surface area contributed by atoms with Crippen molar-refractivity contribution in [1.29, 1.82) is 0 Å². The number of carboxylic acids is 1. The molecule has 0 amide bonds. The highest BCUT2D eigenvalue weighted by Gasteiger charge is 2.23. The molecule has 0 aromatic heterocycles. The second kappa shape index (κ2) is 6.40. The first-order valence-electron chi connectivity index (χ1n) is 6.08. The zero-order valence-corrected chi connectivity index (χ0v) is 11.3. The van der Waals surface area contributed by atoms with Crippen LogP contribution in [-0.4, -0.2) is 24.2 Å². The molecule has 1 aromatic rings. The van der Waals surface area contributed by atoms with Crippen LogP contribution in [-0.2, 0) is 4.79 Å². The molecule has 2 N–H and O–H groups in total. The smallest absolute Gasteiger partial charge is 0.320 e. The summed E-state index contributed by atoms with van der Waals surface area (Å²) < 4.78 is 5.16. The van der Waals surface area contributed by atoms with Crippen LogP contribution in [0.25, 0.3) is 0 Å². The lowest BCUT2D eigenvalue weighted by Gasteiger charge is -2.23. The first-order valence-corrected chi connectivity index (χ1v) is 6.08. The molecule has 0 saturated heterocycles. The molecule has 4 nitrogen and oxygen atoms in total. The Kier molecular flexibility index (Phi) is 5.16. The van der Waals surface area contributed by atoms with Crippen molar-refractivity contribution in [3.63, 3.8) is 0 Å². The van der Waals surface area contributed by atoms with Crippen molar-refractivity contribution in [3.05, 3.63) is 29.8 Å². The van der Waals surface area contributed by atoms with Crippen molar-refractivity contribution in [2.24, 2.45) is 5.92 Å². The third-order valence-electron chi connectivity index (χ3n) is 2.96. The fourth-order valence-corrected chi connectivity index (χ4v) is 1.83. The van der Waals surface area contributed by atoms with Crippen LogP contribution in [0.4, 0.5) is 0 Å². The molecule has 1 rings (SSSR count). The molecule has 1 aromatic carbocycles. The maximum atomic E-state index is 11.1. The maximum Gasteiger partial charge on any atom is 0.320 e. The molecule has 0 aliphatic rings. The largest absolute Gasteiger partial charge is 0.497 e. The van der Waals surface area contributed by atoms with Gasteiger partial charge in [0.1, 0.15) is 11.8 Å². The van der Waals surface area contributed by atoms with Crippen molar-refractivity contribution < 1.29 is 14.6 Å². The number of aliphatic carboxylic acids is 1. The number of nitrogens with one attached hydrogen (secondary N) is 1. The summed E-state index contributed by atoms with van der Waals surface area (Å²) in [6.07, 6.45) is 0. The minimum absolute atomic E-state index is 0.0376. The van der Waals surface area contributed by atoms with E-state index in [1.54, 1.807) is 7.11 Å². The molecule has 2 atom stereocenters. The van der Waals surface area contributed by atoms with Crippen LogP contribution < -0.4 is 10.1 Å². The molecular weight excluding hydrogens is 230 g/mol. The van der Waals surface area contributed by atoms with E-state index in [-0.39, 0.29) is 12.0 Å². The van der Waals surface area contributed by atoms with Gasteiger partial charge in [-0.2, -0.15) is 0 Å². The average Bonchev–Trinajstić information content (AvgIpc) is 2.34. The number of benzene rings is 1. The number of hydrogen-bond acceptors (Lipinski definition) is 3. The predicted molar refractivity (Wildman–Crippen MR) is 70.8 cm³/mol. The second-order valence-corrected chi connectivity index (χ2v) is 4.72. The summed E-state index contributed by atoms with van der Waals surface area (Å²) in [6, 6.07) is 7.05. The van der Waals surface area contributed by atoms with Gasteiger partial charge in [0.05, 0.1) is 7.11 Å². The van der Waals surface area contributed by atoms with Crippen LogP contribution in [0.3, 0.4) is 0 Å². The van der Waals surface area contributed by atoms with Crippen LogP contribution in [0.2, 0.25) is 0 Å². The van der Waals surface area contributed by atoms with Crippen LogP contribution >= 0.6 is 0 Å². The van der Waals surface area contributed by atoms with Gasteiger partial charge in [-0.05, 0) is 30.5 Å². The van der Waals surface area contributed by atoms with Gasteiger partial charge >= 0.3 is 5.97 Å². The molecule has 4 heteroatoms. The first kappa shape index (κ1) is 14.5. The Morgan fingerprint density at radius 2 is 2.00 bits per heavy atom. The third-order valence-corrected chi connectivity index (χ3v) is 2.96. The molecule has 100 valence electrons. The highest BCUT2D eigenvalue weighted by atomic mass is 16.5. The highest BCUT2D eigenvalue weighted by molar-refractivity contribution is 5.73. The minimum atomic E-state index is -0.820. The lowest BCUT2D eigenvalue weighted by atomic mass is 10.0. The summed E-state index contributed by atoms with van der Waals surface area (Å²) in [7, 11) is 1.62. The van der Waals surface area contributed by atoms with Crippen molar-refractivity contribution in [3.8, 4) is 5.75 Å². The Labute approximate surface area is 108 Å². The molecule has 0 heterocycles. The minimum Gasteiger partial charge on any atom is -0.497 e. The molecule has 0 radical (unpaired) electrons. The lowest BCUT2D eigenvalue weighted by molar-refractivity contribution is -0.140. The molecule has 18 heavy (non-hydrogen) atoms. The van der Waals surface area contributed by atoms with Crippen LogP contribution in [0.5, 0.6) is 5.75 Å². The fraction of sp³-hybridized carbons (Fsp3) is 0.500. The summed E-state index contributed by atoms with van der Waals surface area (Å²) in [5.41, 5.74) is 1.02. The quantitative estimate of drug-likeness (QED) is 0.815. The SMILES string of the molecule is COc1cccc([C@H](C)NC(C(=O)O)C(C)C)c1. The van der Waals surface area contributed by atoms with Gasteiger partial charge in [-0.15, -0.1) is 0 Å². The van der Waals surface area contributed by atoms with E-state index in [2.05, 4.69) is 5.32 Å². The monoisotopic (exact) mass is 251 g/mol. The lowest BCUT2D eigenvalue weighted by Crippen LogP contribution is -2.42. The van der Waals surface area contributed by atoms with Crippen LogP contribution in [0.1, 0.15) is 32.4 Å². The van der Waals surface area contributed by atoms with E-state index in [9.17, 15) is 4.79 Å². The molecule has 1 unspecified atom stereocenters. The van der Waals surface area contributed by atoms with Crippen molar-refractivity contribution in [2.45, 2.75) is 32.9 Å². The zero-order valence-electron chi connectivity index (χ0n) is 11.3. The van der Waals surface area contributed by atoms with E-state index in [4.69, 9.17) is 9.84 Å². The van der Waals surface area contributed by atoms with E-state index < -0.39 is 12.0 Å². The molecule has 0 aliphatic carbocycles. The van der Waals surface area contributed by atoms with E-state index >= 15 is 0 Å². The predicted octanol–water partition coefficient (Wildman–Crippen LogP) is 2.46. The van der Waals surface area contributed by atoms with Crippen LogP contribution in [0.15, 0.2) is 24.3 Å². The summed E-state index contributed by atoms with van der Waals surface area (Å²) in [5.74, 6) is -0.00660. The van der Waals surface area contributed by atoms with Gasteiger partial charge in [0.2, 0.25) is 0 Å². The number of carboxylic acid groups (broad SMARTS) is 1. The number of rotatable bonds is 6. The van der Waals surface area contributed by atoms with Gasteiger partial charge in [0.25, 0.3) is 0 Å². The molecule has 0 bridgehead atoms. The molecule has 0 aliphatic heterocycles. The Morgan fingerprint density at radius 3 is 2.50 bits per heavy atom. The van der Waals surface area contributed by atoms with Gasteiger partial charge in [-0.1, -0.05) is 26.0 Å². The van der Waals surface area contributed by atoms with Gasteiger partial charge in [0.15, 0.2) is 0 Å². The Balaban J connectivity index is 2.79. The van der Waals surface area contributed by atoms with E-state index in [0.717, 1.165) is 11.3 Å². The average molecular weight is 251 g/mol. The van der Waals surface area contributed by atoms with Crippen molar-refractivity contribution >= 4 is 5.97 Å². The molecule has 0 saturated carbocycles. The second-order valence-electron chi connectivity index (χ2n) is 4.72. The first-order chi connectivity index (χ1) is 8.45. The summed E-state index contributed by atoms with van der Waals surface area (Å²) in [6.45, 7) is 5.74. The topological polar surface area (TPSA) is 58.6 Å². The maximum absolute atomic E-state index is 11.1. The standard InChI is InChI=1S/C14H21NO3/c1-9(2)13(14(16)17)15-10(3)11-6-5-7-12(8-11)18-4/h5-10,13,15H,1-4H3,(H,16,17)/t10-,13?/m0/s1. The molecular formula is C14H21NO3. The fourth-order valence-electron chi connectivity index (χ4n) is 1.83. The Morgan fingerprint density at radius 1 is 1.33 bits per heavy atom. The summed E-state index contributed by atoms with van der Waals surface area (Å²) >= 11 is 0. The summed E-state index contributed by atoms with van der Waals surface area (Å²) in [5, 5.41) is 12.3. The Hall–Kier alpha value is -1.55. The van der Waals surface area contributed by atoms with Gasteiger partial charge in [0, 0.05) is 6.04 Å². The number of hydrogen-bond donors (Lipinski definition) is 2. The van der Waals surface area contributed by atoms with E-state index in [0.29, 0.717) is 0 Å². The normalized spacial score (nSPS) is 14.3. The third kappa shape index (κ3) is 3.74. The molecule has 0 spiro atoms. The van der Waals surface area contributed by atoms with Crippen molar-refractivity contribution in [2.75, 3.05) is 7.11 Å². The van der Waals surface area contributed by atoms with E-state index in [1.807, 2.05) is 45.0 Å². The van der Waals surface area contributed by atoms with Crippen LogP contribution in [0, 0.1) is 5.92 Å². The van der Waals surface area contributed by atoms with E-state index in [1.165, 1.54) is 0 Å². The highest BCUT2D eigenvalue weighted by Crippen LogP contribution is 2.20. The number of methoxy groups -OCH3 is 1. The Bertz CT molecular complexity index is 404. The van der Waals surface area contributed by atoms with Crippen molar-refractivity contribution in [1.82, 2.24) is 5.32 Å². The number of carbonyl (C=O) groups is 1. The number of ether oxygens (including phenoxy) is 1. The van der Waals surface area contributed by atoms with Gasteiger partial charge < -0.3 is 9.84 Å². The van der Waals surface area contributed by atoms with Gasteiger partial charge in [-0.3, -0.25) is 10.1 Å². The zero-order chi connectivity index (χ0) is 13.7.